The van der Waals surface area contributed by atoms with Gasteiger partial charge < -0.3 is 4.84 Å². The molecule has 2 rings (SSSR count). The van der Waals surface area contributed by atoms with Gasteiger partial charge in [-0.2, -0.15) is 0 Å². The lowest BCUT2D eigenvalue weighted by Crippen LogP contribution is -2.34. The van der Waals surface area contributed by atoms with Crippen molar-refractivity contribution in [3.63, 3.8) is 0 Å². The Labute approximate surface area is 65.4 Å². The summed E-state index contributed by atoms with van der Waals surface area (Å²) in [6, 6.07) is 0. The van der Waals surface area contributed by atoms with Crippen molar-refractivity contribution < 1.29 is 9.63 Å². The molecule has 0 radical (unpaired) electrons. The highest BCUT2D eigenvalue weighted by atomic mass is 16.6. The highest BCUT2D eigenvalue weighted by molar-refractivity contribution is 5.95. The zero-order valence-corrected chi connectivity index (χ0v) is 6.54. The van der Waals surface area contributed by atoms with Gasteiger partial charge in [-0.1, -0.05) is 5.16 Å². The molecule has 1 saturated carbocycles. The summed E-state index contributed by atoms with van der Waals surface area (Å²) >= 11 is 0. The molecule has 1 fully saturated rings. The van der Waals surface area contributed by atoms with E-state index in [4.69, 9.17) is 4.84 Å². The highest BCUT2D eigenvalue weighted by Crippen LogP contribution is 2.29. The standard InChI is InChI=1S/C8H11NO2/c1-5-6-3-2-4-7(10)8(6)11-9-5/h6,8H,2-4H2,1H3. The molecule has 3 nitrogen and oxygen atoms in total. The van der Waals surface area contributed by atoms with Gasteiger partial charge in [0.25, 0.3) is 0 Å². The van der Waals surface area contributed by atoms with E-state index in [1.165, 1.54) is 0 Å². The first-order valence-corrected chi connectivity index (χ1v) is 4.02. The second-order valence-electron chi connectivity index (χ2n) is 3.22. The first-order chi connectivity index (χ1) is 5.29. The first-order valence-electron chi connectivity index (χ1n) is 4.02. The van der Waals surface area contributed by atoms with E-state index in [0.717, 1.165) is 18.6 Å². The molecular formula is C8H11NO2. The van der Waals surface area contributed by atoms with Crippen LogP contribution >= 0.6 is 0 Å². The van der Waals surface area contributed by atoms with Crippen LogP contribution in [0.25, 0.3) is 0 Å². The van der Waals surface area contributed by atoms with Crippen LogP contribution in [0.1, 0.15) is 26.2 Å². The average molecular weight is 153 g/mol. The molecule has 2 unspecified atom stereocenters. The second kappa shape index (κ2) is 2.32. The fraction of sp³-hybridized carbons (Fsp3) is 0.750. The molecule has 1 aliphatic carbocycles. The Bertz CT molecular complexity index is 222. The van der Waals surface area contributed by atoms with Crippen molar-refractivity contribution >= 4 is 11.5 Å². The van der Waals surface area contributed by atoms with Crippen molar-refractivity contribution in [2.24, 2.45) is 11.1 Å². The van der Waals surface area contributed by atoms with Crippen LogP contribution in [0.5, 0.6) is 0 Å². The number of oxime groups is 1. The van der Waals surface area contributed by atoms with Gasteiger partial charge in [-0.25, -0.2) is 0 Å². The van der Waals surface area contributed by atoms with Gasteiger partial charge >= 0.3 is 0 Å². The van der Waals surface area contributed by atoms with E-state index < -0.39 is 0 Å². The van der Waals surface area contributed by atoms with Crippen molar-refractivity contribution in [3.8, 4) is 0 Å². The van der Waals surface area contributed by atoms with Crippen LogP contribution in [-0.2, 0) is 9.63 Å². The van der Waals surface area contributed by atoms with Crippen LogP contribution in [-0.4, -0.2) is 17.6 Å². The number of ketones is 1. The number of carbonyl (C=O) groups is 1. The number of fused-ring (bicyclic) bond motifs is 1. The van der Waals surface area contributed by atoms with E-state index in [2.05, 4.69) is 5.16 Å². The largest absolute Gasteiger partial charge is 0.384 e. The van der Waals surface area contributed by atoms with Crippen LogP contribution in [0.4, 0.5) is 0 Å². The molecule has 0 saturated heterocycles. The molecule has 11 heavy (non-hydrogen) atoms. The topological polar surface area (TPSA) is 38.7 Å². The number of Topliss-reactive ketones (excluding diaryl/α,β-unsaturated/α-hetero) is 1. The smallest absolute Gasteiger partial charge is 0.193 e. The molecule has 1 heterocycles. The fourth-order valence-corrected chi connectivity index (χ4v) is 1.78. The van der Waals surface area contributed by atoms with E-state index in [-0.39, 0.29) is 17.8 Å². The number of hydrogen-bond acceptors (Lipinski definition) is 3. The Hall–Kier alpha value is -0.860. The molecule has 0 amide bonds. The zero-order valence-electron chi connectivity index (χ0n) is 6.54. The molecule has 0 aromatic heterocycles. The number of rotatable bonds is 0. The summed E-state index contributed by atoms with van der Waals surface area (Å²) in [6.45, 7) is 1.93. The summed E-state index contributed by atoms with van der Waals surface area (Å²) in [6.07, 6.45) is 2.50. The lowest BCUT2D eigenvalue weighted by molar-refractivity contribution is -0.133. The Morgan fingerprint density at radius 2 is 2.45 bits per heavy atom. The van der Waals surface area contributed by atoms with Crippen LogP contribution in [0, 0.1) is 5.92 Å². The molecule has 60 valence electrons. The summed E-state index contributed by atoms with van der Waals surface area (Å²) in [5.41, 5.74) is 0.989. The van der Waals surface area contributed by atoms with Gasteiger partial charge in [-0.05, 0) is 19.8 Å². The molecule has 0 bridgehead atoms. The highest BCUT2D eigenvalue weighted by Gasteiger charge is 2.39. The van der Waals surface area contributed by atoms with E-state index >= 15 is 0 Å². The Kier molecular flexibility index (Phi) is 1.44. The quantitative estimate of drug-likeness (QED) is 0.523. The van der Waals surface area contributed by atoms with Crippen LogP contribution in [0.15, 0.2) is 5.16 Å². The van der Waals surface area contributed by atoms with Gasteiger partial charge in [-0.15, -0.1) is 0 Å². The minimum Gasteiger partial charge on any atom is -0.384 e. The summed E-state index contributed by atoms with van der Waals surface area (Å²) in [5.74, 6) is 0.512. The van der Waals surface area contributed by atoms with Crippen LogP contribution in [0.3, 0.4) is 0 Å². The lowest BCUT2D eigenvalue weighted by Gasteiger charge is -2.21. The molecular weight excluding hydrogens is 142 g/mol. The van der Waals surface area contributed by atoms with Gasteiger partial charge in [0, 0.05) is 12.3 Å². The average Bonchev–Trinajstić information content (AvgIpc) is 2.35. The first kappa shape index (κ1) is 6.83. The third-order valence-corrected chi connectivity index (χ3v) is 2.47. The molecule has 1 aliphatic heterocycles. The van der Waals surface area contributed by atoms with Crippen molar-refractivity contribution in [2.45, 2.75) is 32.3 Å². The van der Waals surface area contributed by atoms with E-state index in [9.17, 15) is 4.79 Å². The summed E-state index contributed by atoms with van der Waals surface area (Å²) in [4.78, 5) is 16.2. The molecule has 0 spiro atoms. The van der Waals surface area contributed by atoms with Crippen LogP contribution < -0.4 is 0 Å². The minimum absolute atomic E-state index is 0.224. The summed E-state index contributed by atoms with van der Waals surface area (Å²) in [5, 5.41) is 3.83. The van der Waals surface area contributed by atoms with E-state index in [1.807, 2.05) is 6.92 Å². The maximum Gasteiger partial charge on any atom is 0.193 e. The van der Waals surface area contributed by atoms with E-state index in [0.29, 0.717) is 6.42 Å². The third kappa shape index (κ3) is 0.951. The van der Waals surface area contributed by atoms with Crippen LogP contribution in [0.2, 0.25) is 0 Å². The molecule has 0 aromatic carbocycles. The summed E-state index contributed by atoms with van der Waals surface area (Å²) < 4.78 is 0. The fourth-order valence-electron chi connectivity index (χ4n) is 1.78. The normalized spacial score (nSPS) is 36.1. The third-order valence-electron chi connectivity index (χ3n) is 2.47. The number of carbonyl (C=O) groups excluding carboxylic acids is 1. The maximum atomic E-state index is 11.2. The molecule has 2 aliphatic rings. The SMILES string of the molecule is CC1=NOC2C(=O)CCCC12. The maximum absolute atomic E-state index is 11.2. The number of nitrogens with zero attached hydrogens (tertiary/aromatic N) is 1. The van der Waals surface area contributed by atoms with Gasteiger partial charge in [0.1, 0.15) is 0 Å². The van der Waals surface area contributed by atoms with Crippen molar-refractivity contribution in [1.82, 2.24) is 0 Å². The van der Waals surface area contributed by atoms with Crippen molar-refractivity contribution in [3.05, 3.63) is 0 Å². The minimum atomic E-state index is -0.233. The van der Waals surface area contributed by atoms with E-state index in [1.54, 1.807) is 0 Å². The molecule has 3 heteroatoms. The second-order valence-corrected chi connectivity index (χ2v) is 3.22. The van der Waals surface area contributed by atoms with Crippen molar-refractivity contribution in [2.75, 3.05) is 0 Å². The monoisotopic (exact) mass is 153 g/mol. The molecule has 0 N–H and O–H groups in total. The Balaban J connectivity index is 2.18. The summed E-state index contributed by atoms with van der Waals surface area (Å²) in [7, 11) is 0. The zero-order chi connectivity index (χ0) is 7.84. The van der Waals surface area contributed by atoms with Gasteiger partial charge in [0.05, 0.1) is 5.71 Å². The lowest BCUT2D eigenvalue weighted by atomic mass is 9.83. The van der Waals surface area contributed by atoms with Gasteiger partial charge in [0.15, 0.2) is 11.9 Å². The van der Waals surface area contributed by atoms with Crippen molar-refractivity contribution in [1.29, 1.82) is 0 Å². The molecule has 0 aromatic rings. The predicted molar refractivity (Wildman–Crippen MR) is 40.3 cm³/mol. The van der Waals surface area contributed by atoms with Gasteiger partial charge in [-0.3, -0.25) is 4.79 Å². The predicted octanol–water partition coefficient (Wildman–Crippen LogP) is 1.13. The Morgan fingerprint density at radius 3 is 3.18 bits per heavy atom. The Morgan fingerprint density at radius 1 is 1.64 bits per heavy atom. The molecule has 2 atom stereocenters. The number of hydrogen-bond donors (Lipinski definition) is 0. The van der Waals surface area contributed by atoms with Gasteiger partial charge in [0.2, 0.25) is 0 Å².